The summed E-state index contributed by atoms with van der Waals surface area (Å²) in [5.41, 5.74) is 16.4. The Morgan fingerprint density at radius 2 is 0.570 bits per heavy atom. The topological polar surface area (TPSA) is 223 Å². The third-order valence-electron chi connectivity index (χ3n) is 16.4. The maximum Gasteiger partial charge on any atom is 0.306 e. The van der Waals surface area contributed by atoms with Crippen molar-refractivity contribution in [1.82, 2.24) is 0 Å². The molecule has 0 bridgehead atoms. The van der Waals surface area contributed by atoms with E-state index in [1.165, 1.54) is 80.9 Å². The van der Waals surface area contributed by atoms with E-state index in [-0.39, 0.29) is 92.6 Å². The summed E-state index contributed by atoms with van der Waals surface area (Å²) in [4.78, 5) is 58.3. The number of phenolic OH excluding ortho intramolecular Hbond substituents is 5. The third-order valence-corrected chi connectivity index (χ3v) is 16.4. The van der Waals surface area contributed by atoms with Gasteiger partial charge in [-0.3, -0.25) is 19.2 Å². The number of ether oxygens (including phenoxy) is 4. The van der Waals surface area contributed by atoms with Crippen LogP contribution in [0.15, 0.2) is 84.9 Å². The summed E-state index contributed by atoms with van der Waals surface area (Å²) < 4.78 is 20.5. The van der Waals surface area contributed by atoms with Gasteiger partial charge in [-0.2, -0.15) is 0 Å². The Hall–Kier alpha value is -8.13. The molecule has 0 heterocycles. The Balaban J connectivity index is 0.000000337. The van der Waals surface area contributed by atoms with Crippen LogP contribution >= 0.6 is 0 Å². The molecule has 0 aromatic heterocycles. The van der Waals surface area contributed by atoms with E-state index in [1.54, 1.807) is 13.0 Å². The zero-order valence-corrected chi connectivity index (χ0v) is 58.2. The number of benzene rings is 6. The minimum absolute atomic E-state index is 0.0234. The summed E-state index contributed by atoms with van der Waals surface area (Å²) in [7, 11) is 0. The van der Waals surface area contributed by atoms with Gasteiger partial charge >= 0.3 is 23.9 Å². The first kappa shape index (κ1) is 79.1. The van der Waals surface area contributed by atoms with Gasteiger partial charge < -0.3 is 49.3 Å². The van der Waals surface area contributed by atoms with Gasteiger partial charge in [-0.1, -0.05) is 144 Å². The number of para-hydroxylation sites is 1. The van der Waals surface area contributed by atoms with Gasteiger partial charge in [0.15, 0.2) is 0 Å². The SMILES string of the molecule is CC(=O)CCc1cc(C)c(O)c(C)c1.CCCCCCCCCCCCc1ccccc1O.Cc1cc(CCC(=O)OCCOC(=O)CCc2cc(C)c(O)c(C)c2)cc(C)c1C.Cc1cc(CCC(=O)OCCOC(=O)CCc2cc(C)c(O)c(C)c2)cc(C)c1O. The molecule has 0 fully saturated rings. The summed E-state index contributed by atoms with van der Waals surface area (Å²) in [6.07, 6.45) is 19.2. The third kappa shape index (κ3) is 31.4. The number of hydrogen-bond acceptors (Lipinski definition) is 14. The molecule has 0 atom stereocenters. The monoisotopic (exact) mass is 1280 g/mol. The number of carbonyl (C=O) groups excluding carboxylic acids is 5. The number of rotatable bonds is 32. The van der Waals surface area contributed by atoms with Gasteiger partial charge in [0.2, 0.25) is 0 Å². The molecule has 5 N–H and O–H groups in total. The standard InChI is InChI=1S/C25H32O5.C24H30O6.C18H30O.C12H16O2/c1-16-12-21(13-17(2)20(16)5)6-8-23(26)29-10-11-30-24(27)9-7-22-14-18(3)25(28)19(4)15-22;1-15-11-19(12-16(2)23(15)27)5-7-21(25)29-9-10-30-22(26)8-6-20-13-17(3)24(28)18(4)14-20;1-2-3-4-5-6-7-8-9-10-11-14-17-15-12-13-16-18(17)19;1-8-6-11(5-4-10(3)13)7-9(2)12(8)14/h12-15,28H,6-11H2,1-5H3;11-14,27-28H,5-10H2,1-4H3;12-13,15-16,19H,2-11,14H2,1H3;6-7,14H,4-5H2,1-3H3. The fourth-order valence-electron chi connectivity index (χ4n) is 10.8. The highest BCUT2D eigenvalue weighted by Gasteiger charge is 2.13. The lowest BCUT2D eigenvalue weighted by molar-refractivity contribution is -0.152. The predicted octanol–water partition coefficient (Wildman–Crippen LogP) is 17.0. The van der Waals surface area contributed by atoms with Crippen LogP contribution in [0.5, 0.6) is 28.7 Å². The molecule has 6 aromatic rings. The molecule has 0 saturated heterocycles. The van der Waals surface area contributed by atoms with E-state index in [9.17, 15) is 49.5 Å². The van der Waals surface area contributed by atoms with E-state index >= 15 is 0 Å². The van der Waals surface area contributed by atoms with Gasteiger partial charge in [0, 0.05) is 32.1 Å². The van der Waals surface area contributed by atoms with Crippen molar-refractivity contribution in [2.45, 2.75) is 225 Å². The van der Waals surface area contributed by atoms with Crippen LogP contribution < -0.4 is 0 Å². The van der Waals surface area contributed by atoms with Crippen LogP contribution in [0, 0.1) is 76.2 Å². The number of ketones is 1. The molecule has 0 amide bonds. The number of esters is 4. The average Bonchev–Trinajstić information content (AvgIpc) is 1.53. The van der Waals surface area contributed by atoms with Crippen molar-refractivity contribution in [1.29, 1.82) is 0 Å². The Labute approximate surface area is 555 Å². The van der Waals surface area contributed by atoms with E-state index in [4.69, 9.17) is 18.9 Å². The maximum atomic E-state index is 11.9. The number of aromatic hydroxyl groups is 5. The Bertz CT molecular complexity index is 2920. The van der Waals surface area contributed by atoms with Crippen LogP contribution in [0.1, 0.15) is 205 Å². The molecule has 508 valence electrons. The maximum absolute atomic E-state index is 11.9. The summed E-state index contributed by atoms with van der Waals surface area (Å²) in [6.45, 7) is 25.0. The molecule has 6 aromatic carbocycles. The first-order valence-electron chi connectivity index (χ1n) is 33.3. The van der Waals surface area contributed by atoms with Gasteiger partial charge in [-0.25, -0.2) is 0 Å². The van der Waals surface area contributed by atoms with E-state index in [1.807, 2.05) is 122 Å². The second-order valence-corrected chi connectivity index (χ2v) is 24.8. The van der Waals surface area contributed by atoms with E-state index < -0.39 is 0 Å². The number of phenols is 5. The smallest absolute Gasteiger partial charge is 0.306 e. The Kier molecular flexibility index (Phi) is 36.5. The molecule has 14 nitrogen and oxygen atoms in total. The van der Waals surface area contributed by atoms with Gasteiger partial charge in [0.05, 0.1) is 0 Å². The molecule has 0 aliphatic heterocycles. The molecular formula is C79H108O14. The summed E-state index contributed by atoms with van der Waals surface area (Å²) >= 11 is 0. The fourth-order valence-corrected chi connectivity index (χ4v) is 10.8. The molecule has 93 heavy (non-hydrogen) atoms. The molecule has 0 aliphatic carbocycles. The lowest BCUT2D eigenvalue weighted by atomic mass is 9.98. The molecule has 0 aliphatic rings. The summed E-state index contributed by atoms with van der Waals surface area (Å²) in [5.74, 6) is 0.516. The second kappa shape index (κ2) is 42.9. The first-order valence-corrected chi connectivity index (χ1v) is 33.3. The van der Waals surface area contributed by atoms with Gasteiger partial charge in [-0.05, 0) is 229 Å². The van der Waals surface area contributed by atoms with E-state index in [0.29, 0.717) is 50.0 Å². The molecular weight excluding hydrogens is 1170 g/mol. The zero-order valence-electron chi connectivity index (χ0n) is 58.2. The predicted molar refractivity (Wildman–Crippen MR) is 371 cm³/mol. The summed E-state index contributed by atoms with van der Waals surface area (Å²) in [6, 6.07) is 27.0. The largest absolute Gasteiger partial charge is 0.508 e. The molecule has 6 rings (SSSR count). The lowest BCUT2D eigenvalue weighted by Gasteiger charge is -2.10. The highest BCUT2D eigenvalue weighted by Crippen LogP contribution is 2.28. The van der Waals surface area contributed by atoms with Crippen molar-refractivity contribution in [3.05, 3.63) is 180 Å². The minimum Gasteiger partial charge on any atom is -0.508 e. The normalized spacial score (nSPS) is 10.6. The lowest BCUT2D eigenvalue weighted by Crippen LogP contribution is -2.14. The van der Waals surface area contributed by atoms with Crippen molar-refractivity contribution in [2.75, 3.05) is 26.4 Å². The fraction of sp³-hybridized carbons (Fsp3) is 0.481. The molecule has 0 spiro atoms. The highest BCUT2D eigenvalue weighted by atomic mass is 16.6. The van der Waals surface area contributed by atoms with E-state index in [2.05, 4.69) is 39.8 Å². The van der Waals surface area contributed by atoms with E-state index in [0.717, 1.165) is 90.7 Å². The van der Waals surface area contributed by atoms with Crippen LogP contribution in [0.2, 0.25) is 0 Å². The Morgan fingerprint density at radius 3 is 0.839 bits per heavy atom. The van der Waals surface area contributed by atoms with Crippen molar-refractivity contribution in [2.24, 2.45) is 0 Å². The molecule has 0 unspecified atom stereocenters. The minimum atomic E-state index is -0.357. The zero-order chi connectivity index (χ0) is 69.0. The summed E-state index contributed by atoms with van der Waals surface area (Å²) in [5, 5.41) is 48.6. The van der Waals surface area contributed by atoms with Gasteiger partial charge in [0.25, 0.3) is 0 Å². The second-order valence-electron chi connectivity index (χ2n) is 24.8. The van der Waals surface area contributed by atoms with Crippen LogP contribution in [0.25, 0.3) is 0 Å². The Morgan fingerprint density at radius 1 is 0.323 bits per heavy atom. The molecule has 0 radical (unpaired) electrons. The van der Waals surface area contributed by atoms with Gasteiger partial charge in [0.1, 0.15) is 61.0 Å². The number of carbonyl (C=O) groups is 5. The number of aryl methyl sites for hydroxylation is 16. The average molecular weight is 1280 g/mol. The van der Waals surface area contributed by atoms with Crippen LogP contribution in [-0.2, 0) is 81.4 Å². The van der Waals surface area contributed by atoms with Crippen molar-refractivity contribution < 1.29 is 68.5 Å². The number of unbranched alkanes of at least 4 members (excludes halogenated alkanes) is 9. The molecule has 14 heteroatoms. The van der Waals surface area contributed by atoms with Crippen LogP contribution in [0.4, 0.5) is 0 Å². The van der Waals surface area contributed by atoms with Crippen molar-refractivity contribution in [3.8, 4) is 28.7 Å². The first-order chi connectivity index (χ1) is 44.2. The molecule has 0 saturated carbocycles. The quantitative estimate of drug-likeness (QED) is 0.0151. The number of hydrogen-bond donors (Lipinski definition) is 5. The number of Topliss-reactive ketones (excluding diaryl/α,β-unsaturated/α-hetero) is 1. The van der Waals surface area contributed by atoms with Crippen molar-refractivity contribution in [3.63, 3.8) is 0 Å². The highest BCUT2D eigenvalue weighted by molar-refractivity contribution is 5.76. The van der Waals surface area contributed by atoms with Gasteiger partial charge in [-0.15, -0.1) is 0 Å². The van der Waals surface area contributed by atoms with Crippen LogP contribution in [0.3, 0.4) is 0 Å². The van der Waals surface area contributed by atoms with Crippen LogP contribution in [-0.4, -0.2) is 81.6 Å². The van der Waals surface area contributed by atoms with Crippen molar-refractivity contribution >= 4 is 29.7 Å².